The van der Waals surface area contributed by atoms with Crippen molar-refractivity contribution in [1.82, 2.24) is 0 Å². The summed E-state index contributed by atoms with van der Waals surface area (Å²) >= 11 is 5.81. The number of unbranched alkanes of at least 4 members (excludes halogenated alkanes) is 1. The van der Waals surface area contributed by atoms with Crippen molar-refractivity contribution < 1.29 is 14.2 Å². The van der Waals surface area contributed by atoms with E-state index in [2.05, 4.69) is 13.8 Å². The van der Waals surface area contributed by atoms with Crippen molar-refractivity contribution >= 4 is 11.6 Å². The zero-order valence-electron chi connectivity index (χ0n) is 12.0. The molecule has 1 unspecified atom stereocenters. The van der Waals surface area contributed by atoms with Gasteiger partial charge in [-0.15, -0.1) is 11.6 Å². The van der Waals surface area contributed by atoms with Gasteiger partial charge in [0.15, 0.2) is 0 Å². The van der Waals surface area contributed by atoms with Crippen LogP contribution in [0, 0.1) is 5.92 Å². The van der Waals surface area contributed by atoms with Gasteiger partial charge in [0, 0.05) is 19.1 Å². The summed E-state index contributed by atoms with van der Waals surface area (Å²) in [5.74, 6) is 1.31. The van der Waals surface area contributed by atoms with Crippen LogP contribution in [-0.2, 0) is 14.2 Å². The van der Waals surface area contributed by atoms with Gasteiger partial charge in [0.2, 0.25) is 0 Å². The largest absolute Gasteiger partial charge is 0.379 e. The van der Waals surface area contributed by atoms with Crippen molar-refractivity contribution in [2.45, 2.75) is 39.5 Å². The molecule has 0 fully saturated rings. The predicted molar refractivity (Wildman–Crippen MR) is 76.5 cm³/mol. The van der Waals surface area contributed by atoms with E-state index in [0.29, 0.717) is 32.3 Å². The van der Waals surface area contributed by atoms with Crippen LogP contribution in [-0.4, -0.2) is 45.5 Å². The Morgan fingerprint density at radius 2 is 1.39 bits per heavy atom. The van der Waals surface area contributed by atoms with Crippen LogP contribution in [0.3, 0.4) is 0 Å². The van der Waals surface area contributed by atoms with E-state index >= 15 is 0 Å². The minimum absolute atomic E-state index is 0.583. The summed E-state index contributed by atoms with van der Waals surface area (Å²) in [6.45, 7) is 8.59. The molecule has 0 spiro atoms. The van der Waals surface area contributed by atoms with Gasteiger partial charge in [-0.05, 0) is 18.8 Å². The lowest BCUT2D eigenvalue weighted by Gasteiger charge is -2.11. The summed E-state index contributed by atoms with van der Waals surface area (Å²) < 4.78 is 16.3. The summed E-state index contributed by atoms with van der Waals surface area (Å²) in [6.07, 6.45) is 4.47. The predicted octanol–water partition coefficient (Wildman–Crippen LogP) is 3.49. The summed E-state index contributed by atoms with van der Waals surface area (Å²) in [7, 11) is 0. The molecular weight excluding hydrogens is 252 g/mol. The smallest absolute Gasteiger partial charge is 0.0701 e. The fourth-order valence-electron chi connectivity index (χ4n) is 1.43. The molecule has 0 aromatic heterocycles. The van der Waals surface area contributed by atoms with Gasteiger partial charge in [0.05, 0.1) is 26.4 Å². The highest BCUT2D eigenvalue weighted by Gasteiger charge is 2.03. The van der Waals surface area contributed by atoms with Gasteiger partial charge in [-0.25, -0.2) is 0 Å². The molecular formula is C14H29ClO3. The Hall–Kier alpha value is 0.170. The normalized spacial score (nSPS) is 12.8. The second-order valence-electron chi connectivity index (χ2n) is 4.41. The van der Waals surface area contributed by atoms with E-state index in [0.717, 1.165) is 38.4 Å². The van der Waals surface area contributed by atoms with Crippen molar-refractivity contribution in [3.8, 4) is 0 Å². The average molecular weight is 281 g/mol. The molecule has 0 bridgehead atoms. The Bertz CT molecular complexity index is 152. The topological polar surface area (TPSA) is 27.7 Å². The maximum Gasteiger partial charge on any atom is 0.0701 e. The molecule has 0 heterocycles. The molecule has 0 N–H and O–H groups in total. The summed E-state index contributed by atoms with van der Waals surface area (Å²) in [6, 6.07) is 0. The Labute approximate surface area is 117 Å². The number of halogens is 1. The molecule has 0 amide bonds. The summed E-state index contributed by atoms with van der Waals surface area (Å²) in [4.78, 5) is 0. The third-order valence-corrected chi connectivity index (χ3v) is 3.29. The van der Waals surface area contributed by atoms with E-state index in [-0.39, 0.29) is 0 Å². The molecule has 0 aliphatic carbocycles. The summed E-state index contributed by atoms with van der Waals surface area (Å²) in [5, 5.41) is 0. The van der Waals surface area contributed by atoms with E-state index in [1.807, 2.05) is 0 Å². The Morgan fingerprint density at radius 1 is 0.833 bits per heavy atom. The van der Waals surface area contributed by atoms with Crippen LogP contribution < -0.4 is 0 Å². The molecule has 3 nitrogen and oxygen atoms in total. The molecule has 0 saturated heterocycles. The molecule has 4 heteroatoms. The maximum atomic E-state index is 5.81. The van der Waals surface area contributed by atoms with Gasteiger partial charge in [0.1, 0.15) is 0 Å². The zero-order chi connectivity index (χ0) is 13.5. The standard InChI is InChI=1S/C14H29ClO3/c1-3-5-7-16-9-11-18-12-10-17-8-6-14(4-2)13-15/h14H,3-13H2,1-2H3. The Morgan fingerprint density at radius 3 is 1.89 bits per heavy atom. The van der Waals surface area contributed by atoms with Gasteiger partial charge in [-0.1, -0.05) is 26.7 Å². The lowest BCUT2D eigenvalue weighted by atomic mass is 10.1. The lowest BCUT2D eigenvalue weighted by molar-refractivity contribution is 0.0121. The van der Waals surface area contributed by atoms with Gasteiger partial charge >= 0.3 is 0 Å². The second kappa shape index (κ2) is 15.2. The fraction of sp³-hybridized carbons (Fsp3) is 1.00. The van der Waals surface area contributed by atoms with Gasteiger partial charge in [-0.2, -0.15) is 0 Å². The molecule has 0 radical (unpaired) electrons. The van der Waals surface area contributed by atoms with Crippen LogP contribution >= 0.6 is 11.6 Å². The van der Waals surface area contributed by atoms with Crippen LogP contribution in [0.5, 0.6) is 0 Å². The first-order chi connectivity index (χ1) is 8.85. The molecule has 0 aromatic carbocycles. The third kappa shape index (κ3) is 12.6. The molecule has 0 aromatic rings. The number of alkyl halides is 1. The number of hydrogen-bond acceptors (Lipinski definition) is 3. The average Bonchev–Trinajstić information content (AvgIpc) is 2.40. The van der Waals surface area contributed by atoms with Crippen LogP contribution in [0.25, 0.3) is 0 Å². The molecule has 0 aliphatic rings. The Balaban J connectivity index is 3.03. The van der Waals surface area contributed by atoms with Crippen LogP contribution in [0.4, 0.5) is 0 Å². The number of rotatable bonds is 14. The van der Waals surface area contributed by atoms with E-state index in [4.69, 9.17) is 25.8 Å². The molecule has 0 rings (SSSR count). The highest BCUT2D eigenvalue weighted by Crippen LogP contribution is 2.09. The van der Waals surface area contributed by atoms with E-state index in [9.17, 15) is 0 Å². The lowest BCUT2D eigenvalue weighted by Crippen LogP contribution is -2.12. The monoisotopic (exact) mass is 280 g/mol. The van der Waals surface area contributed by atoms with Gasteiger partial charge < -0.3 is 14.2 Å². The highest BCUT2D eigenvalue weighted by molar-refractivity contribution is 6.18. The Kier molecular flexibility index (Phi) is 15.4. The fourth-order valence-corrected chi connectivity index (χ4v) is 1.80. The minimum Gasteiger partial charge on any atom is -0.379 e. The quantitative estimate of drug-likeness (QED) is 0.360. The van der Waals surface area contributed by atoms with Crippen LogP contribution in [0.15, 0.2) is 0 Å². The van der Waals surface area contributed by atoms with E-state index < -0.39 is 0 Å². The molecule has 1 atom stereocenters. The number of ether oxygens (including phenoxy) is 3. The van der Waals surface area contributed by atoms with Crippen molar-refractivity contribution in [2.75, 3.05) is 45.5 Å². The van der Waals surface area contributed by atoms with E-state index in [1.54, 1.807) is 0 Å². The first kappa shape index (κ1) is 18.2. The molecule has 0 aliphatic heterocycles. The van der Waals surface area contributed by atoms with Gasteiger partial charge in [-0.3, -0.25) is 0 Å². The molecule has 18 heavy (non-hydrogen) atoms. The van der Waals surface area contributed by atoms with Crippen molar-refractivity contribution in [1.29, 1.82) is 0 Å². The van der Waals surface area contributed by atoms with Crippen molar-refractivity contribution in [2.24, 2.45) is 5.92 Å². The summed E-state index contributed by atoms with van der Waals surface area (Å²) in [5.41, 5.74) is 0. The van der Waals surface area contributed by atoms with Crippen molar-refractivity contribution in [3.63, 3.8) is 0 Å². The van der Waals surface area contributed by atoms with E-state index in [1.165, 1.54) is 6.42 Å². The van der Waals surface area contributed by atoms with Crippen molar-refractivity contribution in [3.05, 3.63) is 0 Å². The second-order valence-corrected chi connectivity index (χ2v) is 4.72. The number of hydrogen-bond donors (Lipinski definition) is 0. The van der Waals surface area contributed by atoms with Crippen LogP contribution in [0.2, 0.25) is 0 Å². The third-order valence-electron chi connectivity index (χ3n) is 2.85. The highest BCUT2D eigenvalue weighted by atomic mass is 35.5. The van der Waals surface area contributed by atoms with Crippen LogP contribution in [0.1, 0.15) is 39.5 Å². The first-order valence-electron chi connectivity index (χ1n) is 7.14. The maximum absolute atomic E-state index is 5.81. The van der Waals surface area contributed by atoms with Gasteiger partial charge in [0.25, 0.3) is 0 Å². The zero-order valence-corrected chi connectivity index (χ0v) is 12.7. The minimum atomic E-state index is 0.583. The molecule has 110 valence electrons. The first-order valence-corrected chi connectivity index (χ1v) is 7.67. The SMILES string of the molecule is CCCCOCCOCCOCCC(CC)CCl. The molecule has 0 saturated carbocycles.